The highest BCUT2D eigenvalue weighted by Crippen LogP contribution is 2.09. The molecular weight excluding hydrogens is 460 g/mol. The van der Waals surface area contributed by atoms with Crippen molar-refractivity contribution in [2.75, 3.05) is 5.75 Å². The Labute approximate surface area is 202 Å². The number of amides is 3. The fourth-order valence-corrected chi connectivity index (χ4v) is 4.56. The maximum Gasteiger partial charge on any atom is 0.242 e. The Hall–Kier alpha value is -2.99. The number of carbonyl (C=O) groups is 3. The normalized spacial score (nSPS) is 13.2. The SMILES string of the molecule is CCCS(=O)(=O)N[C@@H](C(=O)N[C@@H](CCCC(N)=O)C(=O)NCc1ccc(C(=N)N)cc1)C(C)C.[HH]. The Balaban J connectivity index is 0.0000116. The molecule has 0 aromatic heterocycles. The minimum Gasteiger partial charge on any atom is -0.384 e. The summed E-state index contributed by atoms with van der Waals surface area (Å²) in [5, 5.41) is 12.8. The van der Waals surface area contributed by atoms with E-state index in [2.05, 4.69) is 15.4 Å². The third-order valence-corrected chi connectivity index (χ3v) is 6.57. The lowest BCUT2D eigenvalue weighted by Crippen LogP contribution is -2.55. The van der Waals surface area contributed by atoms with Crippen LogP contribution in [0, 0.1) is 11.3 Å². The van der Waals surface area contributed by atoms with Gasteiger partial charge in [-0.05, 0) is 30.7 Å². The molecule has 0 aliphatic carbocycles. The molecule has 1 aromatic carbocycles. The molecule has 8 N–H and O–H groups in total. The van der Waals surface area contributed by atoms with Crippen LogP contribution in [0.4, 0.5) is 0 Å². The second-order valence-corrected chi connectivity index (χ2v) is 10.3. The third-order valence-electron chi connectivity index (χ3n) is 5.01. The van der Waals surface area contributed by atoms with Gasteiger partial charge < -0.3 is 22.1 Å². The van der Waals surface area contributed by atoms with Crippen molar-refractivity contribution in [1.29, 1.82) is 5.41 Å². The van der Waals surface area contributed by atoms with Gasteiger partial charge in [-0.15, -0.1) is 0 Å². The predicted molar refractivity (Wildman–Crippen MR) is 132 cm³/mol. The number of nitrogens with two attached hydrogens (primary N) is 2. The van der Waals surface area contributed by atoms with Gasteiger partial charge in [-0.25, -0.2) is 13.1 Å². The first kappa shape index (κ1) is 29.0. The summed E-state index contributed by atoms with van der Waals surface area (Å²) in [6.45, 7) is 5.28. The van der Waals surface area contributed by atoms with Gasteiger partial charge in [0.2, 0.25) is 27.7 Å². The van der Waals surface area contributed by atoms with E-state index in [0.717, 1.165) is 5.56 Å². The fourth-order valence-electron chi connectivity index (χ4n) is 3.14. The molecule has 0 radical (unpaired) electrons. The predicted octanol–water partition coefficient (Wildman–Crippen LogP) is 0.327. The van der Waals surface area contributed by atoms with Crippen LogP contribution >= 0.6 is 0 Å². The van der Waals surface area contributed by atoms with Gasteiger partial charge in [0, 0.05) is 20.0 Å². The first-order valence-electron chi connectivity index (χ1n) is 11.2. The highest BCUT2D eigenvalue weighted by atomic mass is 32.2. The Bertz CT molecular complexity index is 969. The molecule has 0 unspecified atom stereocenters. The lowest BCUT2D eigenvalue weighted by molar-refractivity contribution is -0.130. The lowest BCUT2D eigenvalue weighted by Gasteiger charge is -2.25. The number of nitrogen functional groups attached to an aromatic ring is 1. The van der Waals surface area contributed by atoms with E-state index in [1.165, 1.54) is 0 Å². The molecule has 0 saturated carbocycles. The summed E-state index contributed by atoms with van der Waals surface area (Å²) in [5.74, 6) is -2.17. The number of sulfonamides is 1. The lowest BCUT2D eigenvalue weighted by atomic mass is 10.0. The van der Waals surface area contributed by atoms with Gasteiger partial charge in [0.05, 0.1) is 5.75 Å². The number of amidine groups is 1. The summed E-state index contributed by atoms with van der Waals surface area (Å²) in [6, 6.07) is 4.71. The highest BCUT2D eigenvalue weighted by molar-refractivity contribution is 7.89. The zero-order chi connectivity index (χ0) is 25.9. The van der Waals surface area contributed by atoms with Crippen LogP contribution in [0.2, 0.25) is 0 Å². The Morgan fingerprint density at radius 1 is 1.09 bits per heavy atom. The standard InChI is InChI=1S/C22H36N6O5S.H2/c1-4-12-34(32,33)28-19(14(2)3)22(31)27-17(6-5-7-18(23)29)21(30)26-13-15-8-10-16(11-9-15)20(24)25;/h8-11,14,17,19,28H,4-7,12-13H2,1-3H3,(H2,23,29)(H3,24,25)(H,26,30)(H,27,31);1H/t17-,19+;/m0./s1. The van der Waals surface area contributed by atoms with Crippen molar-refractivity contribution in [3.05, 3.63) is 35.4 Å². The van der Waals surface area contributed by atoms with E-state index in [-0.39, 0.29) is 44.7 Å². The monoisotopic (exact) mass is 498 g/mol. The smallest absolute Gasteiger partial charge is 0.242 e. The van der Waals surface area contributed by atoms with Gasteiger partial charge in [0.25, 0.3) is 0 Å². The van der Waals surface area contributed by atoms with Crippen molar-refractivity contribution in [3.8, 4) is 0 Å². The molecule has 1 rings (SSSR count). The molecule has 34 heavy (non-hydrogen) atoms. The zero-order valence-corrected chi connectivity index (χ0v) is 20.7. The number of nitrogens with one attached hydrogen (secondary N) is 4. The van der Waals surface area contributed by atoms with Crippen LogP contribution < -0.4 is 26.8 Å². The van der Waals surface area contributed by atoms with Crippen LogP contribution in [-0.2, 0) is 31.0 Å². The van der Waals surface area contributed by atoms with Crippen LogP contribution in [0.5, 0.6) is 0 Å². The largest absolute Gasteiger partial charge is 0.384 e. The molecule has 12 heteroatoms. The molecule has 1 aromatic rings. The molecule has 0 bridgehead atoms. The molecule has 0 aliphatic rings. The summed E-state index contributed by atoms with van der Waals surface area (Å²) < 4.78 is 26.8. The van der Waals surface area contributed by atoms with Crippen LogP contribution in [0.3, 0.4) is 0 Å². The molecule has 0 saturated heterocycles. The van der Waals surface area contributed by atoms with Gasteiger partial charge in [0.1, 0.15) is 17.9 Å². The second kappa shape index (κ2) is 13.7. The van der Waals surface area contributed by atoms with Crippen molar-refractivity contribution in [3.63, 3.8) is 0 Å². The summed E-state index contributed by atoms with van der Waals surface area (Å²) in [4.78, 5) is 36.9. The number of benzene rings is 1. The Kier molecular flexibility index (Phi) is 11.7. The Morgan fingerprint density at radius 3 is 2.21 bits per heavy atom. The molecular formula is C22H38N6O5S. The van der Waals surface area contributed by atoms with Crippen LogP contribution in [0.1, 0.15) is 59.0 Å². The van der Waals surface area contributed by atoms with E-state index in [9.17, 15) is 22.8 Å². The Morgan fingerprint density at radius 2 is 1.71 bits per heavy atom. The van der Waals surface area contributed by atoms with Gasteiger partial charge >= 0.3 is 0 Å². The topological polar surface area (TPSA) is 197 Å². The van der Waals surface area contributed by atoms with E-state index in [1.54, 1.807) is 45.0 Å². The maximum atomic E-state index is 12.9. The number of carbonyl (C=O) groups excluding carboxylic acids is 3. The maximum absolute atomic E-state index is 12.9. The molecule has 0 spiro atoms. The van der Waals surface area contributed by atoms with Gasteiger partial charge in [-0.3, -0.25) is 19.8 Å². The number of rotatable bonds is 15. The number of primary amides is 1. The highest BCUT2D eigenvalue weighted by Gasteiger charge is 2.30. The van der Waals surface area contributed by atoms with Crippen molar-refractivity contribution in [1.82, 2.24) is 15.4 Å². The van der Waals surface area contributed by atoms with Crippen molar-refractivity contribution < 1.29 is 24.2 Å². The van der Waals surface area contributed by atoms with Gasteiger partial charge in [-0.1, -0.05) is 45.0 Å². The summed E-state index contributed by atoms with van der Waals surface area (Å²) >= 11 is 0. The molecule has 0 fully saturated rings. The fraction of sp³-hybridized carbons (Fsp3) is 0.545. The second-order valence-electron chi connectivity index (χ2n) is 8.41. The average Bonchev–Trinajstić information content (AvgIpc) is 2.74. The molecule has 192 valence electrons. The minimum absolute atomic E-state index is 0. The van der Waals surface area contributed by atoms with Crippen LogP contribution in [0.15, 0.2) is 24.3 Å². The quantitative estimate of drug-likeness (QED) is 0.149. The van der Waals surface area contributed by atoms with Crippen molar-refractivity contribution in [2.45, 2.75) is 65.1 Å². The molecule has 3 amide bonds. The minimum atomic E-state index is -3.66. The number of hydrogen-bond donors (Lipinski definition) is 6. The van der Waals surface area contributed by atoms with E-state index >= 15 is 0 Å². The summed E-state index contributed by atoms with van der Waals surface area (Å²) in [6.07, 6.45) is 0.863. The van der Waals surface area contributed by atoms with E-state index < -0.39 is 39.8 Å². The molecule has 0 aliphatic heterocycles. The molecule has 11 nitrogen and oxygen atoms in total. The van der Waals surface area contributed by atoms with E-state index in [4.69, 9.17) is 16.9 Å². The summed E-state index contributed by atoms with van der Waals surface area (Å²) in [7, 11) is -3.66. The van der Waals surface area contributed by atoms with E-state index in [1.807, 2.05) is 0 Å². The van der Waals surface area contributed by atoms with Crippen molar-refractivity contribution in [2.24, 2.45) is 17.4 Å². The van der Waals surface area contributed by atoms with Crippen LogP contribution in [-0.4, -0.2) is 49.8 Å². The zero-order valence-electron chi connectivity index (χ0n) is 19.9. The van der Waals surface area contributed by atoms with Gasteiger partial charge in [-0.2, -0.15) is 0 Å². The number of hydrogen-bond acceptors (Lipinski definition) is 6. The van der Waals surface area contributed by atoms with Gasteiger partial charge in [0.15, 0.2) is 0 Å². The molecule has 0 heterocycles. The third kappa shape index (κ3) is 10.3. The molecule has 2 atom stereocenters. The first-order valence-corrected chi connectivity index (χ1v) is 12.8. The van der Waals surface area contributed by atoms with Crippen molar-refractivity contribution >= 4 is 33.6 Å². The van der Waals surface area contributed by atoms with Crippen LogP contribution in [0.25, 0.3) is 0 Å². The first-order chi connectivity index (χ1) is 15.9. The average molecular weight is 499 g/mol. The van der Waals surface area contributed by atoms with E-state index in [0.29, 0.717) is 12.0 Å². The summed E-state index contributed by atoms with van der Waals surface area (Å²) in [5.41, 5.74) is 11.9.